The zero-order valence-corrected chi connectivity index (χ0v) is 10.9. The van der Waals surface area contributed by atoms with Crippen molar-refractivity contribution in [3.63, 3.8) is 0 Å². The molecule has 0 amide bonds. The first-order valence-electron chi connectivity index (χ1n) is 7.20. The van der Waals surface area contributed by atoms with Crippen molar-refractivity contribution in [2.75, 3.05) is 6.61 Å². The summed E-state index contributed by atoms with van der Waals surface area (Å²) in [7, 11) is 0. The summed E-state index contributed by atoms with van der Waals surface area (Å²) in [6.45, 7) is 2.38. The Labute approximate surface area is 104 Å². The van der Waals surface area contributed by atoms with Gasteiger partial charge in [0.05, 0.1) is 6.61 Å². The quantitative estimate of drug-likeness (QED) is 0.547. The van der Waals surface area contributed by atoms with Crippen LogP contribution in [-0.2, 0) is 9.53 Å². The predicted octanol–water partition coefficient (Wildman–Crippen LogP) is 3.86. The molecule has 2 fully saturated rings. The zero-order chi connectivity index (χ0) is 12.1. The average Bonchev–Trinajstić information content (AvgIpc) is 2.99. The van der Waals surface area contributed by atoms with Crippen molar-refractivity contribution in [2.24, 2.45) is 11.8 Å². The molecule has 2 heteroatoms. The zero-order valence-electron chi connectivity index (χ0n) is 10.9. The second kappa shape index (κ2) is 6.23. The summed E-state index contributed by atoms with van der Waals surface area (Å²) in [5.41, 5.74) is 0.997. The number of esters is 1. The highest BCUT2D eigenvalue weighted by Crippen LogP contribution is 2.35. The van der Waals surface area contributed by atoms with E-state index >= 15 is 0 Å². The van der Waals surface area contributed by atoms with E-state index in [2.05, 4.69) is 6.08 Å². The molecule has 0 aromatic carbocycles. The van der Waals surface area contributed by atoms with Crippen LogP contribution in [0.4, 0.5) is 0 Å². The fourth-order valence-electron chi connectivity index (χ4n) is 3.20. The molecule has 0 aliphatic heterocycles. The SMILES string of the molecule is CCOC(=O)/C(=C\C1CCCC1)C1CCCC1. The van der Waals surface area contributed by atoms with Crippen molar-refractivity contribution < 1.29 is 9.53 Å². The van der Waals surface area contributed by atoms with E-state index in [1.54, 1.807) is 0 Å². The molecule has 0 unspecified atom stereocenters. The summed E-state index contributed by atoms with van der Waals surface area (Å²) in [5, 5.41) is 0. The van der Waals surface area contributed by atoms with Gasteiger partial charge in [0.1, 0.15) is 0 Å². The summed E-state index contributed by atoms with van der Waals surface area (Å²) >= 11 is 0. The number of ether oxygens (including phenoxy) is 1. The number of carbonyl (C=O) groups is 1. The van der Waals surface area contributed by atoms with Crippen LogP contribution in [0.25, 0.3) is 0 Å². The molecule has 2 aliphatic carbocycles. The first-order valence-corrected chi connectivity index (χ1v) is 7.20. The topological polar surface area (TPSA) is 26.3 Å². The number of allylic oxidation sites excluding steroid dienone is 1. The Hall–Kier alpha value is -0.790. The summed E-state index contributed by atoms with van der Waals surface area (Å²) in [4.78, 5) is 12.0. The van der Waals surface area contributed by atoms with Crippen LogP contribution in [0, 0.1) is 11.8 Å². The summed E-state index contributed by atoms with van der Waals surface area (Å²) in [6.07, 6.45) is 12.3. The molecule has 2 nitrogen and oxygen atoms in total. The third-order valence-corrected chi connectivity index (χ3v) is 4.12. The molecule has 2 aliphatic rings. The van der Waals surface area contributed by atoms with Crippen molar-refractivity contribution in [2.45, 2.75) is 58.3 Å². The first kappa shape index (κ1) is 12.7. The smallest absolute Gasteiger partial charge is 0.333 e. The van der Waals surface area contributed by atoms with Crippen molar-refractivity contribution in [3.8, 4) is 0 Å². The van der Waals surface area contributed by atoms with Gasteiger partial charge in [-0.05, 0) is 44.4 Å². The van der Waals surface area contributed by atoms with E-state index in [0.717, 1.165) is 5.57 Å². The molecule has 0 heterocycles. The van der Waals surface area contributed by atoms with Gasteiger partial charge in [-0.25, -0.2) is 4.79 Å². The standard InChI is InChI=1S/C15H24O2/c1-2-17-15(16)14(13-9-5-6-10-13)11-12-7-3-4-8-12/h11-13H,2-10H2,1H3/b14-11-. The van der Waals surface area contributed by atoms with Crippen LogP contribution in [0.15, 0.2) is 11.6 Å². The molecular weight excluding hydrogens is 212 g/mol. The molecule has 96 valence electrons. The molecule has 0 saturated heterocycles. The maximum Gasteiger partial charge on any atom is 0.333 e. The Bertz CT molecular complexity index is 281. The van der Waals surface area contributed by atoms with E-state index in [-0.39, 0.29) is 5.97 Å². The third kappa shape index (κ3) is 3.34. The van der Waals surface area contributed by atoms with Gasteiger partial charge in [-0.2, -0.15) is 0 Å². The maximum atomic E-state index is 12.0. The first-order chi connectivity index (χ1) is 8.31. The molecule has 0 atom stereocenters. The number of rotatable bonds is 4. The Morgan fingerprint density at radius 1 is 1.12 bits per heavy atom. The fourth-order valence-corrected chi connectivity index (χ4v) is 3.20. The lowest BCUT2D eigenvalue weighted by Crippen LogP contribution is -2.15. The molecule has 0 aromatic heterocycles. The van der Waals surface area contributed by atoms with E-state index in [1.807, 2.05) is 6.92 Å². The third-order valence-electron chi connectivity index (χ3n) is 4.12. The van der Waals surface area contributed by atoms with Crippen LogP contribution < -0.4 is 0 Å². The Kier molecular flexibility index (Phi) is 4.64. The molecule has 0 bridgehead atoms. The van der Waals surface area contributed by atoms with Gasteiger partial charge in [0.25, 0.3) is 0 Å². The lowest BCUT2D eigenvalue weighted by atomic mass is 9.93. The van der Waals surface area contributed by atoms with Crippen LogP contribution in [-0.4, -0.2) is 12.6 Å². The molecule has 2 rings (SSSR count). The molecule has 0 radical (unpaired) electrons. The molecule has 2 saturated carbocycles. The van der Waals surface area contributed by atoms with E-state index in [1.165, 1.54) is 51.4 Å². The van der Waals surface area contributed by atoms with Crippen LogP contribution in [0.1, 0.15) is 58.3 Å². The van der Waals surface area contributed by atoms with Crippen LogP contribution >= 0.6 is 0 Å². The highest BCUT2D eigenvalue weighted by atomic mass is 16.5. The second-order valence-electron chi connectivity index (χ2n) is 5.37. The molecule has 17 heavy (non-hydrogen) atoms. The van der Waals surface area contributed by atoms with Gasteiger partial charge in [-0.3, -0.25) is 0 Å². The van der Waals surface area contributed by atoms with Crippen LogP contribution in [0.3, 0.4) is 0 Å². The maximum absolute atomic E-state index is 12.0. The molecular formula is C15H24O2. The van der Waals surface area contributed by atoms with Crippen molar-refractivity contribution in [3.05, 3.63) is 11.6 Å². The van der Waals surface area contributed by atoms with Gasteiger partial charge >= 0.3 is 5.97 Å². The van der Waals surface area contributed by atoms with E-state index in [4.69, 9.17) is 4.74 Å². The van der Waals surface area contributed by atoms with Gasteiger partial charge in [0, 0.05) is 5.57 Å². The second-order valence-corrected chi connectivity index (χ2v) is 5.37. The van der Waals surface area contributed by atoms with Gasteiger partial charge in [0.15, 0.2) is 0 Å². The van der Waals surface area contributed by atoms with Crippen molar-refractivity contribution in [1.82, 2.24) is 0 Å². The number of hydrogen-bond donors (Lipinski definition) is 0. The van der Waals surface area contributed by atoms with Crippen LogP contribution in [0.2, 0.25) is 0 Å². The minimum absolute atomic E-state index is 0.0497. The largest absolute Gasteiger partial charge is 0.463 e. The average molecular weight is 236 g/mol. The molecule has 0 N–H and O–H groups in total. The van der Waals surface area contributed by atoms with Crippen molar-refractivity contribution >= 4 is 5.97 Å². The Morgan fingerprint density at radius 3 is 2.29 bits per heavy atom. The van der Waals surface area contributed by atoms with Gasteiger partial charge < -0.3 is 4.74 Å². The summed E-state index contributed by atoms with van der Waals surface area (Å²) < 4.78 is 5.22. The Balaban J connectivity index is 2.07. The Morgan fingerprint density at radius 2 is 1.71 bits per heavy atom. The monoisotopic (exact) mass is 236 g/mol. The summed E-state index contributed by atoms with van der Waals surface area (Å²) in [5.74, 6) is 1.07. The highest BCUT2D eigenvalue weighted by molar-refractivity contribution is 5.89. The van der Waals surface area contributed by atoms with Gasteiger partial charge in [-0.1, -0.05) is 31.8 Å². The van der Waals surface area contributed by atoms with E-state index in [9.17, 15) is 4.79 Å². The number of hydrogen-bond acceptors (Lipinski definition) is 2. The number of carbonyl (C=O) groups excluding carboxylic acids is 1. The molecule has 0 aromatic rings. The van der Waals surface area contributed by atoms with Gasteiger partial charge in [0.2, 0.25) is 0 Å². The normalized spacial score (nSPS) is 23.2. The minimum atomic E-state index is -0.0497. The lowest BCUT2D eigenvalue weighted by Gasteiger charge is -2.15. The minimum Gasteiger partial charge on any atom is -0.463 e. The summed E-state index contributed by atoms with van der Waals surface area (Å²) in [6, 6.07) is 0. The van der Waals surface area contributed by atoms with Crippen molar-refractivity contribution in [1.29, 1.82) is 0 Å². The van der Waals surface area contributed by atoms with Crippen LogP contribution in [0.5, 0.6) is 0 Å². The highest BCUT2D eigenvalue weighted by Gasteiger charge is 2.27. The van der Waals surface area contributed by atoms with E-state index < -0.39 is 0 Å². The van der Waals surface area contributed by atoms with E-state index in [0.29, 0.717) is 18.4 Å². The van der Waals surface area contributed by atoms with Gasteiger partial charge in [-0.15, -0.1) is 0 Å². The predicted molar refractivity (Wildman–Crippen MR) is 68.6 cm³/mol. The lowest BCUT2D eigenvalue weighted by molar-refractivity contribution is -0.139. The fraction of sp³-hybridized carbons (Fsp3) is 0.800. The molecule has 0 spiro atoms.